The third-order valence-electron chi connectivity index (χ3n) is 8.17. The Morgan fingerprint density at radius 3 is 2.41 bits per heavy atom. The number of pyridine rings is 1. The molecule has 7 heteroatoms. The van der Waals surface area contributed by atoms with Crippen molar-refractivity contribution in [3.8, 4) is 0 Å². The van der Waals surface area contributed by atoms with Crippen LogP contribution in [0.3, 0.4) is 0 Å². The molecule has 37 heavy (non-hydrogen) atoms. The number of urea groups is 1. The SMILES string of the molecule is Cc1cc(Cl)nc(C)c1C(=O)CCCC(C)N1CCC(N2C(=O)N(C(C)C)C[C@H]2c2ccccc2)CC1. The molecule has 1 aromatic carbocycles. The number of carbonyl (C=O) groups is 2. The topological polar surface area (TPSA) is 56.8 Å². The average molecular weight is 525 g/mol. The first-order chi connectivity index (χ1) is 17.7. The summed E-state index contributed by atoms with van der Waals surface area (Å²) in [6, 6.07) is 13.4. The highest BCUT2D eigenvalue weighted by Crippen LogP contribution is 2.36. The van der Waals surface area contributed by atoms with Crippen molar-refractivity contribution in [2.24, 2.45) is 0 Å². The van der Waals surface area contributed by atoms with Crippen LogP contribution >= 0.6 is 11.6 Å². The molecule has 2 aliphatic rings. The van der Waals surface area contributed by atoms with Gasteiger partial charge in [0.1, 0.15) is 5.15 Å². The molecule has 0 N–H and O–H groups in total. The second-order valence-corrected chi connectivity index (χ2v) is 11.4. The van der Waals surface area contributed by atoms with Gasteiger partial charge in [0.05, 0.1) is 11.7 Å². The first kappa shape index (κ1) is 27.6. The number of benzene rings is 1. The predicted molar refractivity (Wildman–Crippen MR) is 149 cm³/mol. The Balaban J connectivity index is 1.31. The zero-order valence-electron chi connectivity index (χ0n) is 22.9. The van der Waals surface area contributed by atoms with E-state index in [0.717, 1.165) is 56.4 Å². The number of hydrogen-bond acceptors (Lipinski definition) is 4. The van der Waals surface area contributed by atoms with Crippen LogP contribution < -0.4 is 0 Å². The van der Waals surface area contributed by atoms with Gasteiger partial charge >= 0.3 is 6.03 Å². The summed E-state index contributed by atoms with van der Waals surface area (Å²) in [5.74, 6) is 0.152. The number of ketones is 1. The van der Waals surface area contributed by atoms with Gasteiger partial charge in [-0.2, -0.15) is 0 Å². The third-order valence-corrected chi connectivity index (χ3v) is 8.36. The third kappa shape index (κ3) is 6.18. The largest absolute Gasteiger partial charge is 0.321 e. The van der Waals surface area contributed by atoms with Gasteiger partial charge in [-0.15, -0.1) is 0 Å². The molecule has 0 spiro atoms. The molecule has 3 heterocycles. The summed E-state index contributed by atoms with van der Waals surface area (Å²) in [6.07, 6.45) is 4.33. The average Bonchev–Trinajstić information content (AvgIpc) is 3.21. The molecule has 0 saturated carbocycles. The lowest BCUT2D eigenvalue weighted by Crippen LogP contribution is -2.49. The van der Waals surface area contributed by atoms with Gasteiger partial charge in [0.15, 0.2) is 5.78 Å². The predicted octanol–water partition coefficient (Wildman–Crippen LogP) is 6.45. The van der Waals surface area contributed by atoms with Crippen molar-refractivity contribution in [3.63, 3.8) is 0 Å². The molecular formula is C30H41ClN4O2. The lowest BCUT2D eigenvalue weighted by atomic mass is 9.96. The molecule has 0 aliphatic carbocycles. The van der Waals surface area contributed by atoms with Crippen molar-refractivity contribution in [3.05, 3.63) is 63.9 Å². The van der Waals surface area contributed by atoms with Gasteiger partial charge in [-0.1, -0.05) is 41.9 Å². The van der Waals surface area contributed by atoms with Crippen molar-refractivity contribution < 1.29 is 9.59 Å². The zero-order valence-corrected chi connectivity index (χ0v) is 23.7. The van der Waals surface area contributed by atoms with E-state index in [4.69, 9.17) is 11.6 Å². The fourth-order valence-electron chi connectivity index (χ4n) is 6.09. The highest BCUT2D eigenvalue weighted by Gasteiger charge is 2.43. The van der Waals surface area contributed by atoms with Crippen LogP contribution in [0.25, 0.3) is 0 Å². The van der Waals surface area contributed by atoms with E-state index in [9.17, 15) is 9.59 Å². The molecule has 0 radical (unpaired) electrons. The fraction of sp³-hybridized carbons (Fsp3) is 0.567. The molecule has 2 amide bonds. The molecule has 2 fully saturated rings. The van der Waals surface area contributed by atoms with Gasteiger partial charge in [-0.25, -0.2) is 9.78 Å². The minimum atomic E-state index is 0.116. The summed E-state index contributed by atoms with van der Waals surface area (Å²) < 4.78 is 0. The van der Waals surface area contributed by atoms with Crippen molar-refractivity contribution in [1.82, 2.24) is 19.7 Å². The molecule has 0 bridgehead atoms. The highest BCUT2D eigenvalue weighted by atomic mass is 35.5. The van der Waals surface area contributed by atoms with E-state index in [1.165, 1.54) is 5.56 Å². The number of carbonyl (C=O) groups excluding carboxylic acids is 2. The van der Waals surface area contributed by atoms with E-state index in [2.05, 4.69) is 59.8 Å². The summed E-state index contributed by atoms with van der Waals surface area (Å²) in [4.78, 5) is 37.3. The molecule has 2 aromatic rings. The number of Topliss-reactive ketones (excluding diaryl/α,β-unsaturated/α-hetero) is 1. The van der Waals surface area contributed by atoms with Crippen LogP contribution in [0.15, 0.2) is 36.4 Å². The van der Waals surface area contributed by atoms with Gasteiger partial charge in [-0.3, -0.25) is 4.79 Å². The Labute approximate surface area is 227 Å². The Bertz CT molecular complexity index is 1080. The second-order valence-electron chi connectivity index (χ2n) is 11.0. The fourth-order valence-corrected chi connectivity index (χ4v) is 6.38. The first-order valence-electron chi connectivity index (χ1n) is 13.7. The van der Waals surface area contributed by atoms with Crippen LogP contribution in [0.4, 0.5) is 4.79 Å². The van der Waals surface area contributed by atoms with E-state index in [0.29, 0.717) is 23.3 Å². The van der Waals surface area contributed by atoms with E-state index in [1.54, 1.807) is 6.07 Å². The van der Waals surface area contributed by atoms with Crippen molar-refractivity contribution >= 4 is 23.4 Å². The maximum absolute atomic E-state index is 13.4. The minimum Gasteiger partial charge on any atom is -0.320 e. The normalized spacial score (nSPS) is 20.2. The standard InChI is InChI=1S/C30H41ClN4O2/c1-20(2)34-19-26(24-11-7-6-8-12-24)35(30(34)37)25-14-16-33(17-15-25)22(4)10-9-13-27(36)29-21(3)18-28(31)32-23(29)5/h6-8,11-12,18,20,22,25-26H,9-10,13-17,19H2,1-5H3/t22?,26-/m0/s1. The quantitative estimate of drug-likeness (QED) is 0.279. The lowest BCUT2D eigenvalue weighted by Gasteiger charge is -2.41. The lowest BCUT2D eigenvalue weighted by molar-refractivity contribution is 0.0886. The van der Waals surface area contributed by atoms with Gasteiger partial charge in [0.2, 0.25) is 0 Å². The van der Waals surface area contributed by atoms with Gasteiger partial charge < -0.3 is 14.7 Å². The summed E-state index contributed by atoms with van der Waals surface area (Å²) in [5, 5.41) is 0.436. The van der Waals surface area contributed by atoms with Crippen molar-refractivity contribution in [2.75, 3.05) is 19.6 Å². The van der Waals surface area contributed by atoms with E-state index < -0.39 is 0 Å². The minimum absolute atomic E-state index is 0.116. The molecule has 1 aromatic heterocycles. The van der Waals surface area contributed by atoms with E-state index >= 15 is 0 Å². The Morgan fingerprint density at radius 1 is 1.11 bits per heavy atom. The Hall–Kier alpha value is -2.44. The van der Waals surface area contributed by atoms with Crippen LogP contribution in [-0.4, -0.2) is 69.3 Å². The second kappa shape index (κ2) is 12.0. The summed E-state index contributed by atoms with van der Waals surface area (Å²) in [6.45, 7) is 13.0. The molecular weight excluding hydrogens is 484 g/mol. The Kier molecular flexibility index (Phi) is 8.91. The summed E-state index contributed by atoms with van der Waals surface area (Å²) >= 11 is 6.03. The zero-order chi connectivity index (χ0) is 26.7. The van der Waals surface area contributed by atoms with Crippen LogP contribution in [0, 0.1) is 13.8 Å². The van der Waals surface area contributed by atoms with Crippen LogP contribution in [0.2, 0.25) is 5.15 Å². The molecule has 6 nitrogen and oxygen atoms in total. The molecule has 2 aliphatic heterocycles. The van der Waals surface area contributed by atoms with Crippen molar-refractivity contribution in [2.45, 2.75) is 90.9 Å². The van der Waals surface area contributed by atoms with Gasteiger partial charge in [0.25, 0.3) is 0 Å². The molecule has 2 atom stereocenters. The molecule has 200 valence electrons. The van der Waals surface area contributed by atoms with Crippen LogP contribution in [0.5, 0.6) is 0 Å². The molecule has 2 saturated heterocycles. The number of piperidine rings is 1. The monoisotopic (exact) mass is 524 g/mol. The maximum atomic E-state index is 13.4. The van der Waals surface area contributed by atoms with Gasteiger partial charge in [0, 0.05) is 49.7 Å². The first-order valence-corrected chi connectivity index (χ1v) is 14.1. The summed E-state index contributed by atoms with van der Waals surface area (Å²) in [7, 11) is 0. The number of likely N-dealkylation sites (tertiary alicyclic amines) is 1. The number of halogens is 1. The number of amides is 2. The number of rotatable bonds is 9. The van der Waals surface area contributed by atoms with Gasteiger partial charge in [-0.05, 0) is 77.5 Å². The smallest absolute Gasteiger partial charge is 0.320 e. The molecule has 4 rings (SSSR count). The molecule has 1 unspecified atom stereocenters. The number of nitrogens with zero attached hydrogens (tertiary/aromatic N) is 4. The number of aryl methyl sites for hydroxylation is 2. The maximum Gasteiger partial charge on any atom is 0.321 e. The Morgan fingerprint density at radius 2 is 1.78 bits per heavy atom. The van der Waals surface area contributed by atoms with E-state index in [-0.39, 0.29) is 29.9 Å². The van der Waals surface area contributed by atoms with Crippen LogP contribution in [0.1, 0.15) is 86.1 Å². The summed E-state index contributed by atoms with van der Waals surface area (Å²) in [5.41, 5.74) is 3.56. The number of hydrogen-bond donors (Lipinski definition) is 0. The van der Waals surface area contributed by atoms with Crippen molar-refractivity contribution in [1.29, 1.82) is 0 Å². The van der Waals surface area contributed by atoms with E-state index in [1.807, 2.05) is 24.8 Å². The highest BCUT2D eigenvalue weighted by molar-refractivity contribution is 6.29. The van der Waals surface area contributed by atoms with Crippen LogP contribution in [-0.2, 0) is 0 Å². The number of aromatic nitrogens is 1.